The number of hydrogen-bond acceptors (Lipinski definition) is 8. The van der Waals surface area contributed by atoms with Crippen LogP contribution in [0.3, 0.4) is 0 Å². The van der Waals surface area contributed by atoms with Gasteiger partial charge in [-0.3, -0.25) is 14.9 Å². The predicted octanol–water partition coefficient (Wildman–Crippen LogP) is 1.04. The Balaban J connectivity index is 3.45. The van der Waals surface area contributed by atoms with Crippen molar-refractivity contribution in [2.75, 3.05) is 20.8 Å². The number of hydrogen-bond donors (Lipinski definition) is 1. The zero-order valence-electron chi connectivity index (χ0n) is 13.8. The highest BCUT2D eigenvalue weighted by Gasteiger charge is 2.44. The van der Waals surface area contributed by atoms with Crippen LogP contribution in [0.4, 0.5) is 5.69 Å². The van der Waals surface area contributed by atoms with Gasteiger partial charge in [0.1, 0.15) is 0 Å². The van der Waals surface area contributed by atoms with Gasteiger partial charge in [0.2, 0.25) is 5.60 Å². The highest BCUT2D eigenvalue weighted by atomic mass is 16.6. The Morgan fingerprint density at radius 2 is 1.79 bits per heavy atom. The third-order valence-electron chi connectivity index (χ3n) is 3.42. The molecule has 1 N–H and O–H groups in total. The Labute approximate surface area is 138 Å². The van der Waals surface area contributed by atoms with Crippen molar-refractivity contribution in [1.82, 2.24) is 0 Å². The number of nitro benzene ring substituents is 1. The van der Waals surface area contributed by atoms with Crippen LogP contribution in [0, 0.1) is 10.1 Å². The molecule has 1 aromatic rings. The van der Waals surface area contributed by atoms with Gasteiger partial charge in [0.05, 0.1) is 31.8 Å². The molecule has 0 radical (unpaired) electrons. The molecule has 24 heavy (non-hydrogen) atoms. The molecule has 0 aliphatic rings. The van der Waals surface area contributed by atoms with Crippen LogP contribution in [-0.2, 0) is 20.7 Å². The highest BCUT2D eigenvalue weighted by Crippen LogP contribution is 2.36. The lowest BCUT2D eigenvalue weighted by atomic mass is 9.90. The van der Waals surface area contributed by atoms with Gasteiger partial charge in [0.25, 0.3) is 5.69 Å². The number of carbonyl (C=O) groups is 2. The van der Waals surface area contributed by atoms with Crippen molar-refractivity contribution < 1.29 is 33.8 Å². The molecule has 9 nitrogen and oxygen atoms in total. The minimum atomic E-state index is -2.53. The van der Waals surface area contributed by atoms with Crippen LogP contribution in [0.15, 0.2) is 12.1 Å². The molecule has 0 saturated carbocycles. The van der Waals surface area contributed by atoms with Crippen molar-refractivity contribution in [3.8, 4) is 11.5 Å². The number of ketones is 1. The zero-order chi connectivity index (χ0) is 18.5. The summed E-state index contributed by atoms with van der Waals surface area (Å²) in [6, 6.07) is 2.34. The van der Waals surface area contributed by atoms with Crippen LogP contribution < -0.4 is 9.47 Å². The number of ether oxygens (including phenoxy) is 3. The fourth-order valence-corrected chi connectivity index (χ4v) is 2.09. The van der Waals surface area contributed by atoms with E-state index in [2.05, 4.69) is 0 Å². The van der Waals surface area contributed by atoms with E-state index in [1.54, 1.807) is 0 Å². The fraction of sp³-hybridized carbons (Fsp3) is 0.467. The molecular formula is C15H19NO8. The van der Waals surface area contributed by atoms with Gasteiger partial charge in [0.15, 0.2) is 17.3 Å². The first-order chi connectivity index (χ1) is 11.2. The summed E-state index contributed by atoms with van der Waals surface area (Å²) in [6.07, 6.45) is -0.627. The SMILES string of the molecule is CCOC(=O)C(O)(Cc1cc(OC)c(OC)cc1[N+](=O)[O-])C(C)=O. The van der Waals surface area contributed by atoms with E-state index in [1.165, 1.54) is 27.2 Å². The minimum absolute atomic E-state index is 0.0531. The van der Waals surface area contributed by atoms with E-state index in [4.69, 9.17) is 14.2 Å². The van der Waals surface area contributed by atoms with E-state index in [0.29, 0.717) is 0 Å². The van der Waals surface area contributed by atoms with Crippen LogP contribution in [0.1, 0.15) is 19.4 Å². The molecular weight excluding hydrogens is 322 g/mol. The van der Waals surface area contributed by atoms with Crippen LogP contribution >= 0.6 is 0 Å². The zero-order valence-corrected chi connectivity index (χ0v) is 13.8. The van der Waals surface area contributed by atoms with Crippen LogP contribution in [-0.4, -0.2) is 48.2 Å². The highest BCUT2D eigenvalue weighted by molar-refractivity contribution is 6.06. The summed E-state index contributed by atoms with van der Waals surface area (Å²) in [5.74, 6) is -1.78. The predicted molar refractivity (Wildman–Crippen MR) is 82.2 cm³/mol. The van der Waals surface area contributed by atoms with Gasteiger partial charge >= 0.3 is 5.97 Å². The van der Waals surface area contributed by atoms with E-state index >= 15 is 0 Å². The van der Waals surface area contributed by atoms with Gasteiger partial charge in [0, 0.05) is 12.0 Å². The molecule has 0 aliphatic heterocycles. The smallest absolute Gasteiger partial charge is 0.346 e. The third-order valence-corrected chi connectivity index (χ3v) is 3.42. The number of benzene rings is 1. The maximum absolute atomic E-state index is 12.0. The second-order valence-corrected chi connectivity index (χ2v) is 4.91. The number of methoxy groups -OCH3 is 2. The summed E-state index contributed by atoms with van der Waals surface area (Å²) in [5, 5.41) is 21.7. The molecule has 0 amide bonds. The van der Waals surface area contributed by atoms with Crippen LogP contribution in [0.2, 0.25) is 0 Å². The van der Waals surface area contributed by atoms with Gasteiger partial charge in [-0.2, -0.15) is 0 Å². The van der Waals surface area contributed by atoms with Crippen LogP contribution in [0.25, 0.3) is 0 Å². The average Bonchev–Trinajstić information content (AvgIpc) is 2.53. The van der Waals surface area contributed by atoms with Crippen molar-refractivity contribution in [3.05, 3.63) is 27.8 Å². The lowest BCUT2D eigenvalue weighted by molar-refractivity contribution is -0.385. The summed E-state index contributed by atoms with van der Waals surface area (Å²) >= 11 is 0. The first kappa shape index (κ1) is 19.4. The van der Waals surface area contributed by atoms with Crippen LogP contribution in [0.5, 0.6) is 11.5 Å². The lowest BCUT2D eigenvalue weighted by Gasteiger charge is -2.23. The van der Waals surface area contributed by atoms with Crippen molar-refractivity contribution in [1.29, 1.82) is 0 Å². The quantitative estimate of drug-likeness (QED) is 0.322. The molecule has 1 unspecified atom stereocenters. The van der Waals surface area contributed by atoms with Gasteiger partial charge < -0.3 is 19.3 Å². The molecule has 1 aromatic carbocycles. The lowest BCUT2D eigenvalue weighted by Crippen LogP contribution is -2.48. The molecule has 0 aliphatic carbocycles. The Kier molecular flexibility index (Phi) is 6.24. The molecule has 0 fully saturated rings. The van der Waals surface area contributed by atoms with Gasteiger partial charge in [-0.15, -0.1) is 0 Å². The molecule has 9 heteroatoms. The molecule has 1 rings (SSSR count). The van der Waals surface area contributed by atoms with Gasteiger partial charge in [-0.05, 0) is 19.9 Å². The van der Waals surface area contributed by atoms with Crippen molar-refractivity contribution in [2.45, 2.75) is 25.9 Å². The monoisotopic (exact) mass is 341 g/mol. The molecule has 132 valence electrons. The second-order valence-electron chi connectivity index (χ2n) is 4.91. The Bertz CT molecular complexity index is 657. The first-order valence-corrected chi connectivity index (χ1v) is 7.01. The summed E-state index contributed by atoms with van der Waals surface area (Å²) in [4.78, 5) is 34.3. The maximum Gasteiger partial charge on any atom is 0.346 e. The molecule has 0 bridgehead atoms. The van der Waals surface area contributed by atoms with E-state index < -0.39 is 34.4 Å². The topological polar surface area (TPSA) is 125 Å². The van der Waals surface area contributed by atoms with Gasteiger partial charge in [-0.25, -0.2) is 4.79 Å². The molecule has 0 spiro atoms. The normalized spacial score (nSPS) is 12.9. The van der Waals surface area contributed by atoms with Crippen molar-refractivity contribution in [3.63, 3.8) is 0 Å². The van der Waals surface area contributed by atoms with Crippen molar-refractivity contribution in [2.24, 2.45) is 0 Å². The summed E-state index contributed by atoms with van der Waals surface area (Å²) in [7, 11) is 2.64. The minimum Gasteiger partial charge on any atom is -0.493 e. The number of nitro groups is 1. The maximum atomic E-state index is 12.0. The molecule has 0 saturated heterocycles. The number of carbonyl (C=O) groups excluding carboxylic acids is 2. The first-order valence-electron chi connectivity index (χ1n) is 7.01. The molecule has 0 heterocycles. The van der Waals surface area contributed by atoms with Gasteiger partial charge in [-0.1, -0.05) is 0 Å². The standard InChI is InChI=1S/C15H19NO8/c1-5-24-14(18)15(19,9(2)17)8-10-6-12(22-3)13(23-4)7-11(10)16(20)21/h6-7,19H,5,8H2,1-4H3. The molecule has 1 atom stereocenters. The Morgan fingerprint density at radius 1 is 1.25 bits per heavy atom. The number of esters is 1. The van der Waals surface area contributed by atoms with E-state index in [0.717, 1.165) is 13.0 Å². The third kappa shape index (κ3) is 3.80. The summed E-state index contributed by atoms with van der Waals surface area (Å²) in [6.45, 7) is 2.46. The summed E-state index contributed by atoms with van der Waals surface area (Å²) in [5.41, 5.74) is -3.01. The number of aliphatic hydroxyl groups is 1. The Hall–Kier alpha value is -2.68. The van der Waals surface area contributed by atoms with E-state index in [9.17, 15) is 24.8 Å². The number of Topliss-reactive ketones (excluding diaryl/α,β-unsaturated/α-hetero) is 1. The summed E-state index contributed by atoms with van der Waals surface area (Å²) < 4.78 is 14.8. The number of nitrogens with zero attached hydrogens (tertiary/aromatic N) is 1. The Morgan fingerprint density at radius 3 is 2.21 bits per heavy atom. The second kappa shape index (κ2) is 7.73. The molecule has 0 aromatic heterocycles. The average molecular weight is 341 g/mol. The van der Waals surface area contributed by atoms with E-state index in [1.807, 2.05) is 0 Å². The fourth-order valence-electron chi connectivity index (χ4n) is 2.09. The number of rotatable bonds is 8. The van der Waals surface area contributed by atoms with Crippen molar-refractivity contribution >= 4 is 17.4 Å². The largest absolute Gasteiger partial charge is 0.493 e. The van der Waals surface area contributed by atoms with E-state index in [-0.39, 0.29) is 23.7 Å².